The van der Waals surface area contributed by atoms with Crippen LogP contribution in [0, 0.1) is 5.82 Å². The van der Waals surface area contributed by atoms with Gasteiger partial charge in [-0.05, 0) is 44.0 Å². The zero-order valence-electron chi connectivity index (χ0n) is 7.84. The Morgan fingerprint density at radius 1 is 1.46 bits per heavy atom. The third kappa shape index (κ3) is 2.90. The van der Waals surface area contributed by atoms with Crippen molar-refractivity contribution in [3.63, 3.8) is 0 Å². The van der Waals surface area contributed by atoms with E-state index in [1.807, 2.05) is 19.9 Å². The summed E-state index contributed by atoms with van der Waals surface area (Å²) in [4.78, 5) is 0. The Hall–Kier alpha value is -1.31. The monoisotopic (exact) mass is 180 g/mol. The smallest absolute Gasteiger partial charge is 0.126 e. The Bertz CT molecular complexity index is 325. The Morgan fingerprint density at radius 2 is 2.15 bits per heavy atom. The van der Waals surface area contributed by atoms with Gasteiger partial charge in [0.2, 0.25) is 0 Å². The molecule has 1 aromatic rings. The zero-order chi connectivity index (χ0) is 9.84. The van der Waals surface area contributed by atoms with Crippen molar-refractivity contribution in [2.45, 2.75) is 20.3 Å². The van der Waals surface area contributed by atoms with Crippen LogP contribution >= 0.6 is 0 Å². The first-order valence-electron chi connectivity index (χ1n) is 4.20. The van der Waals surface area contributed by atoms with Gasteiger partial charge in [-0.15, -0.1) is 0 Å². The molecule has 0 bridgehead atoms. The molecular weight excluding hydrogens is 167 g/mol. The van der Waals surface area contributed by atoms with Gasteiger partial charge in [0.15, 0.2) is 0 Å². The first-order valence-corrected chi connectivity index (χ1v) is 4.20. The minimum Gasteiger partial charge on any atom is -0.508 e. The van der Waals surface area contributed by atoms with Crippen LogP contribution in [0.1, 0.15) is 19.4 Å². The van der Waals surface area contributed by atoms with Crippen molar-refractivity contribution in [2.24, 2.45) is 0 Å². The van der Waals surface area contributed by atoms with E-state index in [9.17, 15) is 4.39 Å². The molecule has 0 aliphatic carbocycles. The maximum absolute atomic E-state index is 13.1. The summed E-state index contributed by atoms with van der Waals surface area (Å²) in [7, 11) is 0. The Labute approximate surface area is 77.5 Å². The molecule has 2 heteroatoms. The van der Waals surface area contributed by atoms with Gasteiger partial charge in [0, 0.05) is 0 Å². The van der Waals surface area contributed by atoms with Crippen LogP contribution in [0.3, 0.4) is 0 Å². The fourth-order valence-electron chi connectivity index (χ4n) is 1.03. The molecular formula is C11H13FO. The maximum atomic E-state index is 13.1. The molecule has 0 radical (unpaired) electrons. The quantitative estimate of drug-likeness (QED) is 0.693. The first-order chi connectivity index (χ1) is 6.09. The molecule has 0 spiro atoms. The number of hydrogen-bond donors (Lipinski definition) is 1. The summed E-state index contributed by atoms with van der Waals surface area (Å²) >= 11 is 0. The summed E-state index contributed by atoms with van der Waals surface area (Å²) in [5.41, 5.74) is 1.67. The molecule has 1 rings (SSSR count). The van der Waals surface area contributed by atoms with Crippen molar-refractivity contribution < 1.29 is 9.50 Å². The highest BCUT2D eigenvalue weighted by Gasteiger charge is 2.00. The number of benzene rings is 1. The number of aromatic hydroxyl groups is 1. The van der Waals surface area contributed by atoms with E-state index in [0.717, 1.165) is 5.57 Å². The highest BCUT2D eigenvalue weighted by atomic mass is 19.1. The van der Waals surface area contributed by atoms with Crippen LogP contribution in [0.4, 0.5) is 4.39 Å². The van der Waals surface area contributed by atoms with E-state index < -0.39 is 0 Å². The normalized spacial score (nSPS) is 9.77. The van der Waals surface area contributed by atoms with Gasteiger partial charge < -0.3 is 5.11 Å². The van der Waals surface area contributed by atoms with E-state index in [4.69, 9.17) is 5.11 Å². The van der Waals surface area contributed by atoms with Crippen LogP contribution in [0.2, 0.25) is 0 Å². The average molecular weight is 180 g/mol. The Morgan fingerprint density at radius 3 is 2.77 bits per heavy atom. The molecule has 0 saturated carbocycles. The van der Waals surface area contributed by atoms with Crippen LogP contribution in [-0.4, -0.2) is 5.11 Å². The lowest BCUT2D eigenvalue weighted by atomic mass is 10.1. The topological polar surface area (TPSA) is 20.2 Å². The molecule has 70 valence electrons. The van der Waals surface area contributed by atoms with Crippen molar-refractivity contribution >= 4 is 0 Å². The largest absolute Gasteiger partial charge is 0.508 e. The molecule has 1 nitrogen and oxygen atoms in total. The van der Waals surface area contributed by atoms with E-state index in [1.165, 1.54) is 18.2 Å². The first kappa shape index (κ1) is 9.78. The lowest BCUT2D eigenvalue weighted by molar-refractivity contribution is 0.472. The molecule has 0 saturated heterocycles. The fraction of sp³-hybridized carbons (Fsp3) is 0.273. The predicted molar refractivity (Wildman–Crippen MR) is 51.2 cm³/mol. The molecule has 0 amide bonds. The summed E-state index contributed by atoms with van der Waals surface area (Å²) in [5, 5.41) is 9.12. The summed E-state index contributed by atoms with van der Waals surface area (Å²) in [6.45, 7) is 3.92. The summed E-state index contributed by atoms with van der Waals surface area (Å²) < 4.78 is 13.1. The van der Waals surface area contributed by atoms with Gasteiger partial charge in [-0.1, -0.05) is 11.6 Å². The van der Waals surface area contributed by atoms with E-state index in [0.29, 0.717) is 12.0 Å². The molecule has 0 unspecified atom stereocenters. The molecule has 13 heavy (non-hydrogen) atoms. The molecule has 0 aliphatic rings. The van der Waals surface area contributed by atoms with Crippen molar-refractivity contribution in [2.75, 3.05) is 0 Å². The third-order valence-electron chi connectivity index (χ3n) is 1.76. The Kier molecular flexibility index (Phi) is 3.07. The van der Waals surface area contributed by atoms with Gasteiger partial charge in [0.05, 0.1) is 0 Å². The number of rotatable bonds is 2. The lowest BCUT2D eigenvalue weighted by Gasteiger charge is -2.00. The summed E-state index contributed by atoms with van der Waals surface area (Å²) in [6.07, 6.45) is 2.46. The number of hydrogen-bond acceptors (Lipinski definition) is 1. The van der Waals surface area contributed by atoms with E-state index >= 15 is 0 Å². The van der Waals surface area contributed by atoms with Crippen molar-refractivity contribution in [1.29, 1.82) is 0 Å². The standard InChI is InChI=1S/C11H13FO/c1-8(2)3-4-9-7-10(13)5-6-11(9)12/h3,5-7,13H,4H2,1-2H3. The molecule has 0 atom stereocenters. The highest BCUT2D eigenvalue weighted by molar-refractivity contribution is 5.30. The minimum atomic E-state index is -0.268. The number of allylic oxidation sites excluding steroid dienone is 2. The number of phenols is 1. The average Bonchev–Trinajstić information content (AvgIpc) is 2.06. The predicted octanol–water partition coefficient (Wildman–Crippen LogP) is 3.04. The second-order valence-electron chi connectivity index (χ2n) is 3.26. The fourth-order valence-corrected chi connectivity index (χ4v) is 1.03. The maximum Gasteiger partial charge on any atom is 0.126 e. The molecule has 0 heterocycles. The molecule has 1 aromatic carbocycles. The van der Waals surface area contributed by atoms with Crippen LogP contribution in [-0.2, 0) is 6.42 Å². The van der Waals surface area contributed by atoms with Crippen LogP contribution in [0.25, 0.3) is 0 Å². The lowest BCUT2D eigenvalue weighted by Crippen LogP contribution is -1.87. The van der Waals surface area contributed by atoms with Gasteiger partial charge in [-0.3, -0.25) is 0 Å². The van der Waals surface area contributed by atoms with E-state index in [1.54, 1.807) is 0 Å². The van der Waals surface area contributed by atoms with Gasteiger partial charge in [-0.25, -0.2) is 4.39 Å². The molecule has 1 N–H and O–H groups in total. The van der Waals surface area contributed by atoms with Crippen molar-refractivity contribution in [3.05, 3.63) is 41.2 Å². The van der Waals surface area contributed by atoms with Crippen molar-refractivity contribution in [3.8, 4) is 5.75 Å². The van der Waals surface area contributed by atoms with Gasteiger partial charge >= 0.3 is 0 Å². The van der Waals surface area contributed by atoms with Gasteiger partial charge in [0.1, 0.15) is 11.6 Å². The van der Waals surface area contributed by atoms with Gasteiger partial charge in [-0.2, -0.15) is 0 Å². The van der Waals surface area contributed by atoms with E-state index in [2.05, 4.69) is 0 Å². The number of phenolic OH excluding ortho intramolecular Hbond substituents is 1. The number of halogens is 1. The van der Waals surface area contributed by atoms with E-state index in [-0.39, 0.29) is 11.6 Å². The Balaban J connectivity index is 2.87. The SMILES string of the molecule is CC(C)=CCc1cc(O)ccc1F. The van der Waals surface area contributed by atoms with Crippen LogP contribution < -0.4 is 0 Å². The second-order valence-corrected chi connectivity index (χ2v) is 3.26. The third-order valence-corrected chi connectivity index (χ3v) is 1.76. The second kappa shape index (κ2) is 4.08. The molecule has 0 fully saturated rings. The van der Waals surface area contributed by atoms with Crippen LogP contribution in [0.15, 0.2) is 29.8 Å². The molecule has 0 aliphatic heterocycles. The summed E-state index contributed by atoms with van der Waals surface area (Å²) in [5.74, 6) is -0.158. The summed E-state index contributed by atoms with van der Waals surface area (Å²) in [6, 6.07) is 4.08. The van der Waals surface area contributed by atoms with Gasteiger partial charge in [0.25, 0.3) is 0 Å². The zero-order valence-corrected chi connectivity index (χ0v) is 7.84. The van der Waals surface area contributed by atoms with Crippen molar-refractivity contribution in [1.82, 2.24) is 0 Å². The molecule has 0 aromatic heterocycles. The highest BCUT2D eigenvalue weighted by Crippen LogP contribution is 2.16. The van der Waals surface area contributed by atoms with Crippen LogP contribution in [0.5, 0.6) is 5.75 Å². The minimum absolute atomic E-state index is 0.110.